The molecule has 7 heteroatoms. The van der Waals surface area contributed by atoms with Gasteiger partial charge in [-0.15, -0.1) is 11.8 Å². The van der Waals surface area contributed by atoms with Gasteiger partial charge in [-0.2, -0.15) is 0 Å². The summed E-state index contributed by atoms with van der Waals surface area (Å²) < 4.78 is 5.45. The minimum atomic E-state index is -0.391. The van der Waals surface area contributed by atoms with E-state index in [0.29, 0.717) is 44.9 Å². The Hall–Kier alpha value is -2.28. The van der Waals surface area contributed by atoms with Crippen molar-refractivity contribution in [3.05, 3.63) is 63.5 Å². The summed E-state index contributed by atoms with van der Waals surface area (Å²) >= 11 is 7.20. The van der Waals surface area contributed by atoms with Crippen LogP contribution >= 0.6 is 23.4 Å². The molecule has 1 heterocycles. The first kappa shape index (κ1) is 20.5. The molecule has 1 aliphatic rings. The van der Waals surface area contributed by atoms with Crippen molar-refractivity contribution in [1.82, 2.24) is 0 Å². The van der Waals surface area contributed by atoms with E-state index in [0.717, 1.165) is 5.56 Å². The lowest BCUT2D eigenvalue weighted by Crippen LogP contribution is -2.32. The Morgan fingerprint density at radius 1 is 1.11 bits per heavy atom. The van der Waals surface area contributed by atoms with Gasteiger partial charge < -0.3 is 9.84 Å². The van der Waals surface area contributed by atoms with Crippen molar-refractivity contribution >= 4 is 46.4 Å². The third kappa shape index (κ3) is 3.94. The number of hydrogen-bond acceptors (Lipinski definition) is 5. The number of aryl methyl sites for hydroxylation is 1. The van der Waals surface area contributed by atoms with Gasteiger partial charge in [0.25, 0.3) is 11.8 Å². The van der Waals surface area contributed by atoms with Crippen molar-refractivity contribution in [1.29, 1.82) is 0 Å². The minimum Gasteiger partial charge on any atom is -0.494 e. The highest BCUT2D eigenvalue weighted by atomic mass is 35.5. The number of hydrogen-bond donors (Lipinski definition) is 1. The molecule has 1 N–H and O–H groups in total. The zero-order chi connectivity index (χ0) is 20.3. The van der Waals surface area contributed by atoms with Crippen LogP contribution in [0.2, 0.25) is 5.02 Å². The normalized spacial score (nSPS) is 14.2. The first-order valence-corrected chi connectivity index (χ1v) is 10.2. The Bertz CT molecular complexity index is 940. The fourth-order valence-corrected chi connectivity index (χ4v) is 4.11. The van der Waals surface area contributed by atoms with E-state index in [1.54, 1.807) is 49.4 Å². The van der Waals surface area contributed by atoms with Gasteiger partial charge in [0.15, 0.2) is 0 Å². The predicted octanol–water partition coefficient (Wildman–Crippen LogP) is 4.06. The number of nitrogens with zero attached hydrogens (tertiary/aromatic N) is 1. The number of carbonyl (C=O) groups is 2. The molecule has 2 aromatic rings. The molecule has 0 saturated carbocycles. The van der Waals surface area contributed by atoms with Crippen molar-refractivity contribution in [3.63, 3.8) is 0 Å². The summed E-state index contributed by atoms with van der Waals surface area (Å²) in [6, 6.07) is 12.1. The zero-order valence-corrected chi connectivity index (χ0v) is 17.1. The van der Waals surface area contributed by atoms with Crippen LogP contribution in [0.5, 0.6) is 5.75 Å². The summed E-state index contributed by atoms with van der Waals surface area (Å²) in [5.74, 6) is 0.235. The lowest BCUT2D eigenvalue weighted by atomic mass is 10.1. The van der Waals surface area contributed by atoms with E-state index in [9.17, 15) is 14.7 Å². The molecule has 0 aromatic heterocycles. The number of benzene rings is 2. The van der Waals surface area contributed by atoms with Crippen molar-refractivity contribution in [2.75, 3.05) is 23.9 Å². The summed E-state index contributed by atoms with van der Waals surface area (Å²) in [5.41, 5.74) is 2.20. The van der Waals surface area contributed by atoms with Crippen molar-refractivity contribution in [2.24, 2.45) is 0 Å². The van der Waals surface area contributed by atoms with Crippen molar-refractivity contribution in [3.8, 4) is 5.75 Å². The number of thioether (sulfide) groups is 1. The van der Waals surface area contributed by atoms with Gasteiger partial charge in [-0.3, -0.25) is 9.59 Å². The van der Waals surface area contributed by atoms with Gasteiger partial charge in [-0.05, 0) is 55.3 Å². The highest BCUT2D eigenvalue weighted by Gasteiger charge is 2.40. The Balaban J connectivity index is 2.04. The van der Waals surface area contributed by atoms with Gasteiger partial charge in [-0.25, -0.2) is 4.90 Å². The van der Waals surface area contributed by atoms with Crippen LogP contribution in [0.4, 0.5) is 5.69 Å². The zero-order valence-electron chi connectivity index (χ0n) is 15.6. The maximum Gasteiger partial charge on any atom is 0.272 e. The fourth-order valence-electron chi connectivity index (χ4n) is 3.02. The Labute approximate surface area is 172 Å². The minimum absolute atomic E-state index is 0.0911. The lowest BCUT2D eigenvalue weighted by molar-refractivity contribution is -0.119. The first-order chi connectivity index (χ1) is 13.5. The topological polar surface area (TPSA) is 66.8 Å². The molecular formula is C21H20ClNO4S. The second-order valence-electron chi connectivity index (χ2n) is 6.11. The number of carbonyl (C=O) groups excluding carboxylic acids is 2. The molecule has 3 rings (SSSR count). The summed E-state index contributed by atoms with van der Waals surface area (Å²) in [6.45, 7) is 4.15. The monoisotopic (exact) mass is 417 g/mol. The van der Waals surface area contributed by atoms with Gasteiger partial charge in [0.05, 0.1) is 29.4 Å². The largest absolute Gasteiger partial charge is 0.494 e. The number of imide groups is 1. The van der Waals surface area contributed by atoms with Crippen LogP contribution in [-0.2, 0) is 9.59 Å². The van der Waals surface area contributed by atoms with Crippen LogP contribution in [0.15, 0.2) is 47.4 Å². The molecule has 0 fully saturated rings. The number of amides is 2. The maximum absolute atomic E-state index is 13.2. The third-order valence-corrected chi connectivity index (χ3v) is 5.52. The van der Waals surface area contributed by atoms with Crippen LogP contribution < -0.4 is 9.64 Å². The SMILES string of the molecule is CCOc1ccc(C2=C(SCCO)C(=O)N(c3ccc(Cl)cc3C)C2=O)cc1. The maximum atomic E-state index is 13.2. The van der Waals surface area contributed by atoms with Gasteiger partial charge in [0.1, 0.15) is 5.75 Å². The van der Waals surface area contributed by atoms with E-state index >= 15 is 0 Å². The van der Waals surface area contributed by atoms with Gasteiger partial charge in [0.2, 0.25) is 0 Å². The van der Waals surface area contributed by atoms with E-state index in [1.165, 1.54) is 16.7 Å². The smallest absolute Gasteiger partial charge is 0.272 e. The van der Waals surface area contributed by atoms with Crippen LogP contribution in [0, 0.1) is 6.92 Å². The van der Waals surface area contributed by atoms with Crippen LogP contribution in [0.3, 0.4) is 0 Å². The molecule has 0 aliphatic carbocycles. The molecule has 146 valence electrons. The Morgan fingerprint density at radius 2 is 1.82 bits per heavy atom. The molecule has 5 nitrogen and oxygen atoms in total. The Morgan fingerprint density at radius 3 is 2.43 bits per heavy atom. The second-order valence-corrected chi connectivity index (χ2v) is 7.65. The number of halogens is 1. The molecular weight excluding hydrogens is 398 g/mol. The van der Waals surface area contributed by atoms with Crippen molar-refractivity contribution in [2.45, 2.75) is 13.8 Å². The van der Waals surface area contributed by atoms with Crippen LogP contribution in [0.1, 0.15) is 18.1 Å². The van der Waals surface area contributed by atoms with E-state index in [1.807, 2.05) is 6.92 Å². The van der Waals surface area contributed by atoms with E-state index in [-0.39, 0.29) is 12.5 Å². The van der Waals surface area contributed by atoms with E-state index in [4.69, 9.17) is 16.3 Å². The quantitative estimate of drug-likeness (QED) is 0.688. The molecule has 0 unspecified atom stereocenters. The third-order valence-electron chi connectivity index (χ3n) is 4.23. The average molecular weight is 418 g/mol. The van der Waals surface area contributed by atoms with Crippen LogP contribution in [0.25, 0.3) is 5.57 Å². The summed E-state index contributed by atoms with van der Waals surface area (Å²) in [4.78, 5) is 27.9. The summed E-state index contributed by atoms with van der Waals surface area (Å²) in [5, 5.41) is 9.74. The van der Waals surface area contributed by atoms with Crippen molar-refractivity contribution < 1.29 is 19.4 Å². The molecule has 0 radical (unpaired) electrons. The highest BCUT2D eigenvalue weighted by Crippen LogP contribution is 2.39. The number of ether oxygens (including phenoxy) is 1. The number of rotatable bonds is 7. The molecule has 2 amide bonds. The van der Waals surface area contributed by atoms with Gasteiger partial charge >= 0.3 is 0 Å². The molecule has 0 bridgehead atoms. The number of aliphatic hydroxyl groups is 1. The predicted molar refractivity (Wildman–Crippen MR) is 113 cm³/mol. The lowest BCUT2D eigenvalue weighted by Gasteiger charge is -2.18. The Kier molecular flexibility index (Phi) is 6.44. The van der Waals surface area contributed by atoms with E-state index in [2.05, 4.69) is 0 Å². The molecule has 0 saturated heterocycles. The second kappa shape index (κ2) is 8.82. The standard InChI is InChI=1S/C21H20ClNO4S/c1-3-27-16-7-4-14(5-8-16)18-19(28-11-10-24)21(26)23(20(18)25)17-9-6-15(22)12-13(17)2/h4-9,12,24H,3,10-11H2,1-2H3. The number of anilines is 1. The molecule has 28 heavy (non-hydrogen) atoms. The molecule has 1 aliphatic heterocycles. The van der Waals surface area contributed by atoms with E-state index < -0.39 is 5.91 Å². The van der Waals surface area contributed by atoms with Crippen LogP contribution in [-0.4, -0.2) is 35.9 Å². The highest BCUT2D eigenvalue weighted by molar-refractivity contribution is 8.04. The summed E-state index contributed by atoms with van der Waals surface area (Å²) in [6.07, 6.45) is 0. The molecule has 0 spiro atoms. The van der Waals surface area contributed by atoms with Gasteiger partial charge in [-0.1, -0.05) is 23.7 Å². The average Bonchev–Trinajstić information content (AvgIpc) is 2.91. The first-order valence-electron chi connectivity index (χ1n) is 8.84. The molecule has 0 atom stereocenters. The summed E-state index contributed by atoms with van der Waals surface area (Å²) in [7, 11) is 0. The van der Waals surface area contributed by atoms with Gasteiger partial charge in [0, 0.05) is 10.8 Å². The molecule has 2 aromatic carbocycles. The number of aliphatic hydroxyl groups excluding tert-OH is 1. The fraction of sp³-hybridized carbons (Fsp3) is 0.238.